The maximum atomic E-state index is 10.6. The molecular weight excluding hydrogens is 230 g/mol. The molecule has 0 bridgehead atoms. The van der Waals surface area contributed by atoms with E-state index < -0.39 is 0 Å². The molecule has 1 aromatic carbocycles. The summed E-state index contributed by atoms with van der Waals surface area (Å²) in [6.45, 7) is 0. The van der Waals surface area contributed by atoms with Crippen molar-refractivity contribution in [1.82, 2.24) is 4.98 Å². The predicted molar refractivity (Wildman–Crippen MR) is 57.5 cm³/mol. The average Bonchev–Trinajstić information content (AvgIpc) is 2.17. The summed E-state index contributed by atoms with van der Waals surface area (Å²) in [4.78, 5) is 14.5. The zero-order valence-corrected chi connectivity index (χ0v) is 8.52. The third-order valence-electron chi connectivity index (χ3n) is 1.83. The zero-order chi connectivity index (χ0) is 8.39. The van der Waals surface area contributed by atoms with Gasteiger partial charge in [0.05, 0.1) is 0 Å². The van der Waals surface area contributed by atoms with Gasteiger partial charge in [-0.3, -0.25) is 9.78 Å². The van der Waals surface area contributed by atoms with Crippen LogP contribution < -0.4 is 0 Å². The van der Waals surface area contributed by atoms with Crippen LogP contribution in [0.5, 0.6) is 0 Å². The second-order valence-corrected chi connectivity index (χ2v) is 2.57. The molecule has 0 radical (unpaired) electrons. The number of pyridine rings is 1. The fourth-order valence-corrected chi connectivity index (χ4v) is 1.23. The lowest BCUT2D eigenvalue weighted by Gasteiger charge is -1.97. The Morgan fingerprint density at radius 2 is 1.92 bits per heavy atom. The van der Waals surface area contributed by atoms with Gasteiger partial charge in [0.15, 0.2) is 6.29 Å². The van der Waals surface area contributed by atoms with E-state index in [4.69, 9.17) is 0 Å². The molecule has 13 heavy (non-hydrogen) atoms. The Morgan fingerprint density at radius 1 is 1.15 bits per heavy atom. The fourth-order valence-electron chi connectivity index (χ4n) is 1.23. The topological polar surface area (TPSA) is 30.0 Å². The Morgan fingerprint density at radius 3 is 2.69 bits per heavy atom. The van der Waals surface area contributed by atoms with E-state index in [9.17, 15) is 4.79 Å². The number of rotatable bonds is 1. The first-order chi connectivity index (χ1) is 5.92. The standard InChI is InChI=1S/C10H7NO.BrH/c12-7-9-6-11-5-8-3-1-2-4-10(8)9;/h1-7H;1H. The van der Waals surface area contributed by atoms with E-state index in [2.05, 4.69) is 4.98 Å². The van der Waals surface area contributed by atoms with Gasteiger partial charge in [-0.25, -0.2) is 0 Å². The van der Waals surface area contributed by atoms with Gasteiger partial charge in [-0.15, -0.1) is 17.0 Å². The minimum absolute atomic E-state index is 0. The molecule has 2 aromatic rings. The van der Waals surface area contributed by atoms with Crippen molar-refractivity contribution in [2.45, 2.75) is 0 Å². The third-order valence-corrected chi connectivity index (χ3v) is 1.83. The van der Waals surface area contributed by atoms with Gasteiger partial charge < -0.3 is 0 Å². The van der Waals surface area contributed by atoms with Crippen molar-refractivity contribution in [3.8, 4) is 0 Å². The second kappa shape index (κ2) is 4.14. The van der Waals surface area contributed by atoms with Gasteiger partial charge >= 0.3 is 0 Å². The van der Waals surface area contributed by atoms with Crippen LogP contribution in [-0.4, -0.2) is 11.3 Å². The molecule has 0 unspecified atom stereocenters. The molecule has 2 rings (SSSR count). The van der Waals surface area contributed by atoms with Crippen LogP contribution in [0.25, 0.3) is 10.8 Å². The number of hydrogen-bond donors (Lipinski definition) is 0. The number of aromatic nitrogens is 1. The molecule has 0 spiro atoms. The Hall–Kier alpha value is -1.22. The molecule has 0 fully saturated rings. The summed E-state index contributed by atoms with van der Waals surface area (Å²) in [7, 11) is 0. The molecule has 0 atom stereocenters. The van der Waals surface area contributed by atoms with Crippen LogP contribution in [0, 0.1) is 0 Å². The number of hydrogen-bond acceptors (Lipinski definition) is 2. The minimum Gasteiger partial charge on any atom is -0.298 e. The second-order valence-electron chi connectivity index (χ2n) is 2.57. The van der Waals surface area contributed by atoms with E-state index in [-0.39, 0.29) is 17.0 Å². The number of aldehydes is 1. The first-order valence-electron chi connectivity index (χ1n) is 3.70. The highest BCUT2D eigenvalue weighted by molar-refractivity contribution is 8.93. The highest BCUT2D eigenvalue weighted by Gasteiger charge is 1.97. The van der Waals surface area contributed by atoms with Crippen LogP contribution in [0.1, 0.15) is 10.4 Å². The number of benzene rings is 1. The van der Waals surface area contributed by atoms with E-state index in [1.54, 1.807) is 12.4 Å². The van der Waals surface area contributed by atoms with Crippen LogP contribution in [0.4, 0.5) is 0 Å². The molecule has 0 saturated heterocycles. The summed E-state index contributed by atoms with van der Waals surface area (Å²) in [5.74, 6) is 0. The quantitative estimate of drug-likeness (QED) is 0.715. The van der Waals surface area contributed by atoms with Crippen molar-refractivity contribution in [1.29, 1.82) is 0 Å². The Labute approximate surface area is 86.4 Å². The average molecular weight is 238 g/mol. The van der Waals surface area contributed by atoms with Crippen LogP contribution in [0.3, 0.4) is 0 Å². The molecule has 0 N–H and O–H groups in total. The summed E-state index contributed by atoms with van der Waals surface area (Å²) in [5, 5.41) is 1.96. The van der Waals surface area contributed by atoms with Gasteiger partial charge in [-0.2, -0.15) is 0 Å². The van der Waals surface area contributed by atoms with Crippen LogP contribution in [0.15, 0.2) is 36.7 Å². The van der Waals surface area contributed by atoms with Crippen LogP contribution >= 0.6 is 17.0 Å². The van der Waals surface area contributed by atoms with Crippen molar-refractivity contribution in [3.63, 3.8) is 0 Å². The van der Waals surface area contributed by atoms with Gasteiger partial charge in [-0.05, 0) is 5.39 Å². The van der Waals surface area contributed by atoms with Crippen molar-refractivity contribution < 1.29 is 4.79 Å². The number of carbonyl (C=O) groups excluding carboxylic acids is 1. The minimum atomic E-state index is 0. The van der Waals surface area contributed by atoms with Crippen LogP contribution in [-0.2, 0) is 0 Å². The lowest BCUT2D eigenvalue weighted by atomic mass is 10.1. The first kappa shape index (κ1) is 9.86. The lowest BCUT2D eigenvalue weighted by Crippen LogP contribution is -1.84. The van der Waals surface area contributed by atoms with Crippen molar-refractivity contribution >= 4 is 34.0 Å². The Bertz CT molecular complexity index is 423. The highest BCUT2D eigenvalue weighted by Crippen LogP contribution is 2.14. The van der Waals surface area contributed by atoms with Crippen molar-refractivity contribution in [2.24, 2.45) is 0 Å². The number of halogens is 1. The number of fused-ring (bicyclic) bond motifs is 1. The molecule has 0 aliphatic heterocycles. The van der Waals surface area contributed by atoms with E-state index in [1.807, 2.05) is 24.3 Å². The van der Waals surface area contributed by atoms with E-state index >= 15 is 0 Å². The molecule has 1 heterocycles. The molecule has 2 nitrogen and oxygen atoms in total. The zero-order valence-electron chi connectivity index (χ0n) is 6.81. The highest BCUT2D eigenvalue weighted by atomic mass is 79.9. The molecule has 0 aliphatic rings. The van der Waals surface area contributed by atoms with E-state index in [1.165, 1.54) is 0 Å². The molecular formula is C10H8BrNO. The largest absolute Gasteiger partial charge is 0.298 e. The van der Waals surface area contributed by atoms with Gasteiger partial charge in [0.25, 0.3) is 0 Å². The van der Waals surface area contributed by atoms with Crippen LogP contribution in [0.2, 0.25) is 0 Å². The first-order valence-corrected chi connectivity index (χ1v) is 3.70. The van der Waals surface area contributed by atoms with Gasteiger partial charge in [0.1, 0.15) is 0 Å². The molecule has 3 heteroatoms. The van der Waals surface area contributed by atoms with Gasteiger partial charge in [0, 0.05) is 23.3 Å². The van der Waals surface area contributed by atoms with Gasteiger partial charge in [0.2, 0.25) is 0 Å². The number of carbonyl (C=O) groups is 1. The lowest BCUT2D eigenvalue weighted by molar-refractivity contribution is 0.112. The van der Waals surface area contributed by atoms with Crippen molar-refractivity contribution in [2.75, 3.05) is 0 Å². The monoisotopic (exact) mass is 237 g/mol. The molecule has 66 valence electrons. The molecule has 0 saturated carbocycles. The Balaban J connectivity index is 0.000000845. The molecule has 0 amide bonds. The van der Waals surface area contributed by atoms with Crippen molar-refractivity contribution in [3.05, 3.63) is 42.2 Å². The number of nitrogens with zero attached hydrogens (tertiary/aromatic N) is 1. The SMILES string of the molecule is Br.O=Cc1cncc2ccccc12. The fraction of sp³-hybridized carbons (Fsp3) is 0. The summed E-state index contributed by atoms with van der Waals surface area (Å²) < 4.78 is 0. The van der Waals surface area contributed by atoms with Gasteiger partial charge in [-0.1, -0.05) is 24.3 Å². The summed E-state index contributed by atoms with van der Waals surface area (Å²) in [6, 6.07) is 7.70. The smallest absolute Gasteiger partial charge is 0.152 e. The maximum Gasteiger partial charge on any atom is 0.152 e. The predicted octanol–water partition coefficient (Wildman–Crippen LogP) is 2.63. The summed E-state index contributed by atoms with van der Waals surface area (Å²) >= 11 is 0. The normalized spacial score (nSPS) is 9.23. The molecule has 1 aromatic heterocycles. The third kappa shape index (κ3) is 1.75. The molecule has 0 aliphatic carbocycles. The summed E-state index contributed by atoms with van der Waals surface area (Å²) in [5.41, 5.74) is 0.646. The van der Waals surface area contributed by atoms with E-state index in [0.717, 1.165) is 17.1 Å². The van der Waals surface area contributed by atoms with E-state index in [0.29, 0.717) is 5.56 Å². The Kier molecular flexibility index (Phi) is 3.14. The maximum absolute atomic E-state index is 10.6. The summed E-state index contributed by atoms with van der Waals surface area (Å²) in [6.07, 6.45) is 4.16.